The van der Waals surface area contributed by atoms with Crippen molar-refractivity contribution in [1.29, 1.82) is 0 Å². The predicted octanol–water partition coefficient (Wildman–Crippen LogP) is 3.45. The van der Waals surface area contributed by atoms with Crippen molar-refractivity contribution in [2.24, 2.45) is 0 Å². The maximum Gasteiger partial charge on any atom is 0.411 e. The molecule has 0 spiro atoms. The average molecular weight is 362 g/mol. The summed E-state index contributed by atoms with van der Waals surface area (Å²) in [5, 5.41) is 4.18. The SMILES string of the molecule is CNS(=O)(=O)c1ccc2c(c1)oc1ccc(NC(=O)OC(C)C)cc12. The first-order valence-electron chi connectivity index (χ1n) is 7.67. The Morgan fingerprint density at radius 1 is 1.08 bits per heavy atom. The van der Waals surface area contributed by atoms with E-state index in [1.54, 1.807) is 38.1 Å². The van der Waals surface area contributed by atoms with Crippen LogP contribution in [0.4, 0.5) is 10.5 Å². The highest BCUT2D eigenvalue weighted by Gasteiger charge is 2.15. The van der Waals surface area contributed by atoms with E-state index in [0.717, 1.165) is 10.8 Å². The molecule has 2 N–H and O–H groups in total. The molecule has 7 nitrogen and oxygen atoms in total. The molecule has 3 aromatic rings. The number of rotatable bonds is 4. The summed E-state index contributed by atoms with van der Waals surface area (Å²) in [4.78, 5) is 11.8. The Kier molecular flexibility index (Phi) is 4.40. The van der Waals surface area contributed by atoms with Gasteiger partial charge in [-0.2, -0.15) is 0 Å². The molecule has 2 aromatic carbocycles. The summed E-state index contributed by atoms with van der Waals surface area (Å²) in [6.45, 7) is 3.53. The van der Waals surface area contributed by atoms with Crippen LogP contribution in [0.3, 0.4) is 0 Å². The van der Waals surface area contributed by atoms with E-state index in [0.29, 0.717) is 16.9 Å². The van der Waals surface area contributed by atoms with Crippen molar-refractivity contribution in [1.82, 2.24) is 4.72 Å². The Morgan fingerprint density at radius 2 is 1.84 bits per heavy atom. The van der Waals surface area contributed by atoms with Crippen molar-refractivity contribution in [3.05, 3.63) is 36.4 Å². The van der Waals surface area contributed by atoms with Crippen LogP contribution < -0.4 is 10.0 Å². The second-order valence-corrected chi connectivity index (χ2v) is 7.64. The van der Waals surface area contributed by atoms with E-state index in [9.17, 15) is 13.2 Å². The molecule has 0 atom stereocenters. The zero-order valence-electron chi connectivity index (χ0n) is 14.0. The van der Waals surface area contributed by atoms with Crippen LogP contribution in [0.1, 0.15) is 13.8 Å². The topological polar surface area (TPSA) is 97.6 Å². The van der Waals surface area contributed by atoms with Gasteiger partial charge in [0, 0.05) is 22.5 Å². The van der Waals surface area contributed by atoms with Gasteiger partial charge < -0.3 is 9.15 Å². The monoisotopic (exact) mass is 362 g/mol. The fraction of sp³-hybridized carbons (Fsp3) is 0.235. The molecule has 0 aliphatic carbocycles. The van der Waals surface area contributed by atoms with Crippen molar-refractivity contribution >= 4 is 43.7 Å². The summed E-state index contributed by atoms with van der Waals surface area (Å²) in [5.74, 6) is 0. The second-order valence-electron chi connectivity index (χ2n) is 5.76. The molecule has 3 rings (SSSR count). The van der Waals surface area contributed by atoms with E-state index in [4.69, 9.17) is 9.15 Å². The Balaban J connectivity index is 2.02. The molecule has 25 heavy (non-hydrogen) atoms. The fourth-order valence-corrected chi connectivity index (χ4v) is 3.23. The predicted molar refractivity (Wildman–Crippen MR) is 95.2 cm³/mol. The maximum atomic E-state index is 11.9. The van der Waals surface area contributed by atoms with Crippen LogP contribution >= 0.6 is 0 Å². The summed E-state index contributed by atoms with van der Waals surface area (Å²) < 4.78 is 36.9. The maximum absolute atomic E-state index is 11.9. The third kappa shape index (κ3) is 3.45. The standard InChI is InChI=1S/C17H18N2O5S/c1-10(2)23-17(20)19-11-4-7-15-14(8-11)13-6-5-12(9-16(13)24-15)25(21,22)18-3/h4-10,18H,1-3H3,(H,19,20). The van der Waals surface area contributed by atoms with Gasteiger partial charge in [-0.3, -0.25) is 5.32 Å². The molecule has 0 fully saturated rings. The lowest BCUT2D eigenvalue weighted by atomic mass is 10.1. The highest BCUT2D eigenvalue weighted by Crippen LogP contribution is 2.32. The van der Waals surface area contributed by atoms with Gasteiger partial charge in [0.1, 0.15) is 11.2 Å². The molecule has 8 heteroatoms. The van der Waals surface area contributed by atoms with E-state index in [-0.39, 0.29) is 11.0 Å². The number of carbonyl (C=O) groups is 1. The molecular formula is C17H18N2O5S. The van der Waals surface area contributed by atoms with E-state index in [1.165, 1.54) is 19.2 Å². The summed E-state index contributed by atoms with van der Waals surface area (Å²) in [6, 6.07) is 9.83. The minimum Gasteiger partial charge on any atom is -0.456 e. The van der Waals surface area contributed by atoms with Gasteiger partial charge in [0.15, 0.2) is 0 Å². The van der Waals surface area contributed by atoms with E-state index < -0.39 is 16.1 Å². The number of hydrogen-bond acceptors (Lipinski definition) is 5. The van der Waals surface area contributed by atoms with E-state index in [1.807, 2.05) is 0 Å². The molecule has 0 saturated carbocycles. The van der Waals surface area contributed by atoms with Crippen LogP contribution in [0.2, 0.25) is 0 Å². The third-order valence-electron chi connectivity index (χ3n) is 3.61. The summed E-state index contributed by atoms with van der Waals surface area (Å²) >= 11 is 0. The van der Waals surface area contributed by atoms with E-state index in [2.05, 4.69) is 10.0 Å². The largest absolute Gasteiger partial charge is 0.456 e. The van der Waals surface area contributed by atoms with E-state index >= 15 is 0 Å². The van der Waals surface area contributed by atoms with Crippen molar-refractivity contribution in [3.63, 3.8) is 0 Å². The highest BCUT2D eigenvalue weighted by molar-refractivity contribution is 7.89. The van der Waals surface area contributed by atoms with Crippen molar-refractivity contribution in [3.8, 4) is 0 Å². The lowest BCUT2D eigenvalue weighted by Gasteiger charge is -2.09. The lowest BCUT2D eigenvalue weighted by Crippen LogP contribution is -2.18. The minimum absolute atomic E-state index is 0.125. The van der Waals surface area contributed by atoms with Crippen molar-refractivity contribution in [2.45, 2.75) is 24.8 Å². The quantitative estimate of drug-likeness (QED) is 0.741. The van der Waals surface area contributed by atoms with Gasteiger partial charge in [-0.1, -0.05) is 0 Å². The van der Waals surface area contributed by atoms with Crippen LogP contribution in [-0.4, -0.2) is 27.7 Å². The number of carbonyl (C=O) groups excluding carboxylic acids is 1. The molecule has 1 aromatic heterocycles. The number of anilines is 1. The Labute approximate surface area is 145 Å². The molecular weight excluding hydrogens is 344 g/mol. The van der Waals surface area contributed by atoms with Gasteiger partial charge in [0.25, 0.3) is 0 Å². The van der Waals surface area contributed by atoms with Crippen molar-refractivity contribution in [2.75, 3.05) is 12.4 Å². The average Bonchev–Trinajstić information content (AvgIpc) is 2.91. The van der Waals surface area contributed by atoms with Gasteiger partial charge in [-0.05, 0) is 51.2 Å². The van der Waals surface area contributed by atoms with Crippen LogP contribution in [0.25, 0.3) is 21.9 Å². The molecule has 1 amide bonds. The molecule has 1 heterocycles. The molecule has 0 radical (unpaired) electrons. The number of amides is 1. The number of furan rings is 1. The first-order chi connectivity index (χ1) is 11.8. The normalized spacial score (nSPS) is 12.0. The van der Waals surface area contributed by atoms with Crippen LogP contribution in [0.15, 0.2) is 45.7 Å². The Morgan fingerprint density at radius 3 is 2.52 bits per heavy atom. The Bertz CT molecular complexity index is 1050. The van der Waals surface area contributed by atoms with Gasteiger partial charge in [-0.25, -0.2) is 17.9 Å². The number of hydrogen-bond donors (Lipinski definition) is 2. The number of benzene rings is 2. The second kappa shape index (κ2) is 6.38. The smallest absolute Gasteiger partial charge is 0.411 e. The summed E-state index contributed by atoms with van der Waals surface area (Å²) in [5.41, 5.74) is 1.61. The molecule has 0 aliphatic rings. The van der Waals surface area contributed by atoms with Gasteiger partial charge in [-0.15, -0.1) is 0 Å². The number of sulfonamides is 1. The minimum atomic E-state index is -3.55. The molecule has 132 valence electrons. The zero-order chi connectivity index (χ0) is 18.2. The molecule has 0 bridgehead atoms. The Hall–Kier alpha value is -2.58. The molecule has 0 saturated heterocycles. The van der Waals surface area contributed by atoms with Crippen LogP contribution in [0, 0.1) is 0 Å². The van der Waals surface area contributed by atoms with Gasteiger partial charge in [0.05, 0.1) is 11.0 Å². The number of ether oxygens (including phenoxy) is 1. The number of fused-ring (bicyclic) bond motifs is 3. The lowest BCUT2D eigenvalue weighted by molar-refractivity contribution is 0.130. The molecule has 0 unspecified atom stereocenters. The third-order valence-corrected chi connectivity index (χ3v) is 5.02. The fourth-order valence-electron chi connectivity index (χ4n) is 2.48. The summed E-state index contributed by atoms with van der Waals surface area (Å²) in [6.07, 6.45) is -0.754. The zero-order valence-corrected chi connectivity index (χ0v) is 14.8. The van der Waals surface area contributed by atoms with Crippen LogP contribution in [-0.2, 0) is 14.8 Å². The number of nitrogens with one attached hydrogen (secondary N) is 2. The first kappa shape index (κ1) is 17.2. The van der Waals surface area contributed by atoms with Gasteiger partial charge >= 0.3 is 6.09 Å². The summed E-state index contributed by atoms with van der Waals surface area (Å²) in [7, 11) is -2.19. The van der Waals surface area contributed by atoms with Crippen molar-refractivity contribution < 1.29 is 22.4 Å². The highest BCUT2D eigenvalue weighted by atomic mass is 32.2. The van der Waals surface area contributed by atoms with Crippen LogP contribution in [0.5, 0.6) is 0 Å². The van der Waals surface area contributed by atoms with Gasteiger partial charge in [0.2, 0.25) is 10.0 Å². The first-order valence-corrected chi connectivity index (χ1v) is 9.16. The molecule has 0 aliphatic heterocycles.